The topological polar surface area (TPSA) is 0 Å². The maximum absolute atomic E-state index is 2.41. The van der Waals surface area contributed by atoms with Gasteiger partial charge in [0.15, 0.2) is 0 Å². The van der Waals surface area contributed by atoms with E-state index in [-0.39, 0.29) is 0 Å². The van der Waals surface area contributed by atoms with Gasteiger partial charge >= 0.3 is 0 Å². The molecule has 16 heavy (non-hydrogen) atoms. The molecule has 2 rings (SSSR count). The Labute approximate surface area is 100 Å². The lowest BCUT2D eigenvalue weighted by molar-refractivity contribution is 0.224. The molecule has 0 radical (unpaired) electrons. The summed E-state index contributed by atoms with van der Waals surface area (Å²) in [6.45, 7) is 7.03. The summed E-state index contributed by atoms with van der Waals surface area (Å²) in [5.41, 5.74) is 3.60. The van der Waals surface area contributed by atoms with Crippen molar-refractivity contribution in [2.45, 2.75) is 58.8 Å². The third-order valence-electron chi connectivity index (χ3n) is 4.20. The molecule has 0 heteroatoms. The van der Waals surface area contributed by atoms with E-state index in [1.54, 1.807) is 5.56 Å². The Morgan fingerprint density at radius 3 is 2.12 bits per heavy atom. The van der Waals surface area contributed by atoms with Crippen molar-refractivity contribution in [3.8, 4) is 0 Å². The fourth-order valence-corrected chi connectivity index (χ4v) is 2.76. The predicted molar refractivity (Wildman–Crippen MR) is 70.8 cm³/mol. The van der Waals surface area contributed by atoms with Gasteiger partial charge in [0.05, 0.1) is 0 Å². The molecule has 0 N–H and O–H groups in total. The minimum absolute atomic E-state index is 0.583. The first-order valence-electron chi connectivity index (χ1n) is 6.69. The molecule has 1 aliphatic rings. The molecule has 1 aromatic rings. The summed E-state index contributed by atoms with van der Waals surface area (Å²) in [6, 6.07) is 9.30. The van der Waals surface area contributed by atoms with Crippen LogP contribution in [-0.4, -0.2) is 0 Å². The quantitative estimate of drug-likeness (QED) is 0.657. The van der Waals surface area contributed by atoms with Gasteiger partial charge in [-0.15, -0.1) is 0 Å². The molecular weight excluding hydrogens is 192 g/mol. The molecule has 0 aromatic heterocycles. The molecule has 0 unspecified atom stereocenters. The first-order valence-corrected chi connectivity index (χ1v) is 6.69. The zero-order valence-corrected chi connectivity index (χ0v) is 10.9. The molecule has 1 fully saturated rings. The number of aryl methyl sites for hydroxylation is 1. The number of hydrogen-bond donors (Lipinski definition) is 0. The van der Waals surface area contributed by atoms with Crippen LogP contribution >= 0.6 is 0 Å². The maximum atomic E-state index is 2.41. The van der Waals surface area contributed by atoms with E-state index in [9.17, 15) is 0 Å². The van der Waals surface area contributed by atoms with Gasteiger partial charge in [-0.05, 0) is 54.6 Å². The van der Waals surface area contributed by atoms with Gasteiger partial charge in [0.2, 0.25) is 0 Å². The third-order valence-corrected chi connectivity index (χ3v) is 4.20. The van der Waals surface area contributed by atoms with Crippen molar-refractivity contribution in [2.75, 3.05) is 0 Å². The summed E-state index contributed by atoms with van der Waals surface area (Å²) < 4.78 is 0. The molecule has 0 amide bonds. The van der Waals surface area contributed by atoms with Crippen LogP contribution in [0.3, 0.4) is 0 Å². The summed E-state index contributed by atoms with van der Waals surface area (Å²) in [7, 11) is 0. The molecular formula is C16H24. The van der Waals surface area contributed by atoms with Crippen LogP contribution in [0, 0.1) is 5.41 Å². The molecule has 1 aliphatic carbocycles. The number of hydrogen-bond acceptors (Lipinski definition) is 0. The minimum atomic E-state index is 0.583. The lowest BCUT2D eigenvalue weighted by Crippen LogP contribution is -2.20. The summed E-state index contributed by atoms with van der Waals surface area (Å²) in [5.74, 6) is 0.818. The third kappa shape index (κ3) is 2.66. The molecule has 0 bridgehead atoms. The summed E-state index contributed by atoms with van der Waals surface area (Å²) >= 11 is 0. The van der Waals surface area contributed by atoms with Crippen LogP contribution in [-0.2, 0) is 6.42 Å². The van der Waals surface area contributed by atoms with Crippen LogP contribution in [0.25, 0.3) is 0 Å². The van der Waals surface area contributed by atoms with Gasteiger partial charge in [0, 0.05) is 0 Å². The molecule has 0 atom stereocenters. The highest BCUT2D eigenvalue weighted by Crippen LogP contribution is 2.42. The van der Waals surface area contributed by atoms with Crippen molar-refractivity contribution in [1.82, 2.24) is 0 Å². The van der Waals surface area contributed by atoms with E-state index in [0.29, 0.717) is 5.41 Å². The molecule has 88 valence electrons. The molecule has 1 saturated carbocycles. The second-order valence-electron chi connectivity index (χ2n) is 6.03. The van der Waals surface area contributed by atoms with Gasteiger partial charge in [-0.2, -0.15) is 0 Å². The first kappa shape index (κ1) is 11.7. The largest absolute Gasteiger partial charge is 0.0613 e. The highest BCUT2D eigenvalue weighted by Gasteiger charge is 2.27. The normalized spacial score (nSPS) is 20.9. The summed E-state index contributed by atoms with van der Waals surface area (Å²) in [5, 5.41) is 0. The Kier molecular flexibility index (Phi) is 3.37. The van der Waals surface area contributed by atoms with E-state index >= 15 is 0 Å². The van der Waals surface area contributed by atoms with E-state index in [4.69, 9.17) is 0 Å². The van der Waals surface area contributed by atoms with E-state index in [1.165, 1.54) is 31.2 Å². The molecule has 0 spiro atoms. The molecule has 0 aliphatic heterocycles. The lowest BCUT2D eigenvalue weighted by Gasteiger charge is -2.34. The van der Waals surface area contributed by atoms with Crippen LogP contribution in [0.2, 0.25) is 0 Å². The van der Waals surface area contributed by atoms with Crippen LogP contribution in [0.15, 0.2) is 24.3 Å². The average Bonchev–Trinajstić information content (AvgIpc) is 2.29. The molecule has 0 saturated heterocycles. The van der Waals surface area contributed by atoms with Gasteiger partial charge in [-0.25, -0.2) is 0 Å². The number of rotatable bonds is 2. The minimum Gasteiger partial charge on any atom is -0.0613 e. The van der Waals surface area contributed by atoms with Gasteiger partial charge < -0.3 is 0 Å². The van der Waals surface area contributed by atoms with E-state index < -0.39 is 0 Å². The van der Waals surface area contributed by atoms with Crippen LogP contribution < -0.4 is 0 Å². The Balaban J connectivity index is 2.03. The Hall–Kier alpha value is -0.780. The van der Waals surface area contributed by atoms with Crippen molar-refractivity contribution < 1.29 is 0 Å². The van der Waals surface area contributed by atoms with Crippen molar-refractivity contribution in [3.05, 3.63) is 35.4 Å². The fourth-order valence-electron chi connectivity index (χ4n) is 2.76. The van der Waals surface area contributed by atoms with Gasteiger partial charge in [-0.1, -0.05) is 45.0 Å². The lowest BCUT2D eigenvalue weighted by atomic mass is 9.71. The monoisotopic (exact) mass is 216 g/mol. The van der Waals surface area contributed by atoms with Crippen molar-refractivity contribution >= 4 is 0 Å². The standard InChI is InChI=1S/C16H24/c1-4-13-5-7-14(8-6-13)15-9-11-16(2,3)12-10-15/h5-8,15H,4,9-12H2,1-3H3. The fraction of sp³-hybridized carbons (Fsp3) is 0.625. The second kappa shape index (κ2) is 4.61. The van der Waals surface area contributed by atoms with Crippen LogP contribution in [0.5, 0.6) is 0 Å². The SMILES string of the molecule is CCc1ccc(C2CCC(C)(C)CC2)cc1. The van der Waals surface area contributed by atoms with Crippen molar-refractivity contribution in [2.24, 2.45) is 5.41 Å². The van der Waals surface area contributed by atoms with Crippen molar-refractivity contribution in [1.29, 1.82) is 0 Å². The van der Waals surface area contributed by atoms with Gasteiger partial charge in [-0.3, -0.25) is 0 Å². The Bertz CT molecular complexity index is 322. The summed E-state index contributed by atoms with van der Waals surface area (Å²) in [4.78, 5) is 0. The molecule has 0 nitrogen and oxygen atoms in total. The zero-order valence-electron chi connectivity index (χ0n) is 10.9. The molecule has 0 heterocycles. The zero-order chi connectivity index (χ0) is 11.6. The smallest absolute Gasteiger partial charge is 0.0162 e. The van der Waals surface area contributed by atoms with Crippen LogP contribution in [0.1, 0.15) is 63.5 Å². The van der Waals surface area contributed by atoms with E-state index in [1.807, 2.05) is 0 Å². The van der Waals surface area contributed by atoms with E-state index in [2.05, 4.69) is 45.0 Å². The van der Waals surface area contributed by atoms with Gasteiger partial charge in [0.1, 0.15) is 0 Å². The van der Waals surface area contributed by atoms with E-state index in [0.717, 1.165) is 12.3 Å². The molecule has 1 aromatic carbocycles. The number of benzene rings is 1. The maximum Gasteiger partial charge on any atom is -0.0162 e. The first-order chi connectivity index (χ1) is 7.61. The average molecular weight is 216 g/mol. The second-order valence-corrected chi connectivity index (χ2v) is 6.03. The Morgan fingerprint density at radius 2 is 1.62 bits per heavy atom. The van der Waals surface area contributed by atoms with Gasteiger partial charge in [0.25, 0.3) is 0 Å². The summed E-state index contributed by atoms with van der Waals surface area (Å²) in [6.07, 6.45) is 6.66. The predicted octanol–water partition coefficient (Wildman–Crippen LogP) is 4.93. The highest BCUT2D eigenvalue weighted by molar-refractivity contribution is 5.25. The Morgan fingerprint density at radius 1 is 1.06 bits per heavy atom. The highest BCUT2D eigenvalue weighted by atomic mass is 14.3. The van der Waals surface area contributed by atoms with Crippen molar-refractivity contribution in [3.63, 3.8) is 0 Å². The van der Waals surface area contributed by atoms with Crippen LogP contribution in [0.4, 0.5) is 0 Å².